The fourth-order valence-corrected chi connectivity index (χ4v) is 2.30. The molecule has 3 aromatic rings. The number of fused-ring (bicyclic) bond motifs is 1. The Bertz CT molecular complexity index is 860. The van der Waals surface area contributed by atoms with E-state index in [0.29, 0.717) is 5.75 Å². The molecule has 0 radical (unpaired) electrons. The monoisotopic (exact) mass is 318 g/mol. The normalized spacial score (nSPS) is 12.2. The maximum Gasteiger partial charge on any atom is 0.280 e. The van der Waals surface area contributed by atoms with Crippen LogP contribution in [0, 0.1) is 0 Å². The Hall–Kier alpha value is -3.14. The van der Waals surface area contributed by atoms with Crippen LogP contribution in [0.2, 0.25) is 0 Å². The Morgan fingerprint density at radius 3 is 2.50 bits per heavy atom. The molecule has 0 aliphatic carbocycles. The van der Waals surface area contributed by atoms with Crippen LogP contribution in [0.25, 0.3) is 10.8 Å². The van der Waals surface area contributed by atoms with Crippen LogP contribution in [0.1, 0.15) is 12.5 Å². The van der Waals surface area contributed by atoms with Crippen LogP contribution in [0.3, 0.4) is 0 Å². The largest absolute Gasteiger partial charge is 0.481 e. The molecule has 0 aromatic heterocycles. The fraction of sp³-hybridized carbons (Fsp3) is 0.100. The summed E-state index contributed by atoms with van der Waals surface area (Å²) in [6.45, 7) is 1.70. The number of carbonyl (C=O) groups is 1. The van der Waals surface area contributed by atoms with Crippen molar-refractivity contribution in [2.24, 2.45) is 5.10 Å². The van der Waals surface area contributed by atoms with E-state index >= 15 is 0 Å². The minimum atomic E-state index is -0.640. The number of ether oxygens (including phenoxy) is 1. The molecule has 4 heteroatoms. The number of hydrogen-bond acceptors (Lipinski definition) is 3. The highest BCUT2D eigenvalue weighted by atomic mass is 16.5. The van der Waals surface area contributed by atoms with Crippen LogP contribution in [0.5, 0.6) is 5.75 Å². The van der Waals surface area contributed by atoms with Crippen molar-refractivity contribution >= 4 is 22.9 Å². The second kappa shape index (κ2) is 7.42. The van der Waals surface area contributed by atoms with E-state index in [1.165, 1.54) is 0 Å². The third kappa shape index (κ3) is 3.98. The van der Waals surface area contributed by atoms with Crippen molar-refractivity contribution in [2.45, 2.75) is 13.0 Å². The minimum Gasteiger partial charge on any atom is -0.481 e. The molecule has 0 saturated carbocycles. The lowest BCUT2D eigenvalue weighted by Crippen LogP contribution is -2.33. The first-order valence-corrected chi connectivity index (χ1v) is 7.76. The molecule has 0 bridgehead atoms. The fourth-order valence-electron chi connectivity index (χ4n) is 2.30. The molecule has 1 atom stereocenters. The lowest BCUT2D eigenvalue weighted by atomic mass is 10.1. The van der Waals surface area contributed by atoms with Gasteiger partial charge in [0, 0.05) is 0 Å². The van der Waals surface area contributed by atoms with E-state index in [9.17, 15) is 4.79 Å². The molecule has 1 amide bonds. The summed E-state index contributed by atoms with van der Waals surface area (Å²) >= 11 is 0. The average molecular weight is 318 g/mol. The lowest BCUT2D eigenvalue weighted by Gasteiger charge is -2.13. The van der Waals surface area contributed by atoms with Gasteiger partial charge >= 0.3 is 0 Å². The molecule has 0 aliphatic heterocycles. The van der Waals surface area contributed by atoms with Crippen molar-refractivity contribution in [2.75, 3.05) is 0 Å². The number of carbonyl (C=O) groups excluding carboxylic acids is 1. The highest BCUT2D eigenvalue weighted by molar-refractivity contribution is 5.85. The van der Waals surface area contributed by atoms with Gasteiger partial charge in [-0.05, 0) is 35.4 Å². The van der Waals surface area contributed by atoms with Gasteiger partial charge in [-0.2, -0.15) is 5.10 Å². The van der Waals surface area contributed by atoms with Crippen molar-refractivity contribution in [3.63, 3.8) is 0 Å². The van der Waals surface area contributed by atoms with Gasteiger partial charge in [-0.1, -0.05) is 60.7 Å². The summed E-state index contributed by atoms with van der Waals surface area (Å²) < 4.78 is 5.70. The minimum absolute atomic E-state index is 0.296. The van der Waals surface area contributed by atoms with Crippen LogP contribution >= 0.6 is 0 Å². The third-order valence-corrected chi connectivity index (χ3v) is 3.59. The van der Waals surface area contributed by atoms with Gasteiger partial charge in [0.15, 0.2) is 6.10 Å². The zero-order valence-corrected chi connectivity index (χ0v) is 13.3. The highest BCUT2D eigenvalue weighted by Gasteiger charge is 2.14. The summed E-state index contributed by atoms with van der Waals surface area (Å²) in [5.74, 6) is 0.360. The van der Waals surface area contributed by atoms with E-state index < -0.39 is 6.10 Å². The van der Waals surface area contributed by atoms with Gasteiger partial charge < -0.3 is 4.74 Å². The Morgan fingerprint density at radius 1 is 1.00 bits per heavy atom. The second-order valence-corrected chi connectivity index (χ2v) is 5.41. The number of amides is 1. The maximum absolute atomic E-state index is 12.1. The zero-order chi connectivity index (χ0) is 16.8. The molecule has 1 N–H and O–H groups in total. The van der Waals surface area contributed by atoms with Crippen molar-refractivity contribution in [1.29, 1.82) is 0 Å². The molecule has 3 aromatic carbocycles. The first kappa shape index (κ1) is 15.7. The molecule has 120 valence electrons. The first-order valence-electron chi connectivity index (χ1n) is 7.76. The molecular weight excluding hydrogens is 300 g/mol. The number of hydrogen-bond donors (Lipinski definition) is 1. The van der Waals surface area contributed by atoms with Gasteiger partial charge in [-0.25, -0.2) is 5.43 Å². The Morgan fingerprint density at radius 2 is 1.71 bits per heavy atom. The molecule has 0 heterocycles. The van der Waals surface area contributed by atoms with Gasteiger partial charge in [-0.15, -0.1) is 0 Å². The molecule has 0 saturated heterocycles. The molecular formula is C20H18N2O2. The van der Waals surface area contributed by atoms with Crippen LogP contribution in [-0.2, 0) is 4.79 Å². The summed E-state index contributed by atoms with van der Waals surface area (Å²) in [6, 6.07) is 23.3. The topological polar surface area (TPSA) is 50.7 Å². The van der Waals surface area contributed by atoms with Gasteiger partial charge in [-0.3, -0.25) is 4.79 Å². The Balaban J connectivity index is 1.59. The molecule has 3 rings (SSSR count). The molecule has 4 nitrogen and oxygen atoms in total. The smallest absolute Gasteiger partial charge is 0.280 e. The number of nitrogens with one attached hydrogen (secondary N) is 1. The standard InChI is InChI=1S/C20H18N2O2/c1-15(20(23)22-21-14-16-7-3-2-4-8-16)24-19-12-11-17-9-5-6-10-18(17)13-19/h2-15H,1H3,(H,22,23)/b21-14+. The van der Waals surface area contributed by atoms with Gasteiger partial charge in [0.05, 0.1) is 6.21 Å². The van der Waals surface area contributed by atoms with Crippen molar-refractivity contribution < 1.29 is 9.53 Å². The van der Waals surface area contributed by atoms with E-state index in [1.54, 1.807) is 13.1 Å². The molecule has 1 unspecified atom stereocenters. The Labute approximate surface area is 140 Å². The first-order chi connectivity index (χ1) is 11.7. The molecule has 0 fully saturated rings. The SMILES string of the molecule is CC(Oc1ccc2ccccc2c1)C(=O)N/N=C/c1ccccc1. The second-order valence-electron chi connectivity index (χ2n) is 5.41. The van der Waals surface area contributed by atoms with E-state index in [1.807, 2.05) is 72.8 Å². The summed E-state index contributed by atoms with van der Waals surface area (Å²) in [5, 5.41) is 6.16. The number of rotatable bonds is 5. The molecule has 24 heavy (non-hydrogen) atoms. The number of hydrazone groups is 1. The average Bonchev–Trinajstić information content (AvgIpc) is 2.62. The van der Waals surface area contributed by atoms with Crippen molar-refractivity contribution in [3.05, 3.63) is 78.4 Å². The van der Waals surface area contributed by atoms with Gasteiger partial charge in [0.1, 0.15) is 5.75 Å². The van der Waals surface area contributed by atoms with Crippen LogP contribution in [-0.4, -0.2) is 18.2 Å². The van der Waals surface area contributed by atoms with E-state index in [2.05, 4.69) is 10.5 Å². The number of nitrogens with zero attached hydrogens (tertiary/aromatic N) is 1. The predicted molar refractivity (Wildman–Crippen MR) is 96.2 cm³/mol. The maximum atomic E-state index is 12.1. The summed E-state index contributed by atoms with van der Waals surface area (Å²) in [4.78, 5) is 12.1. The molecule has 0 spiro atoms. The third-order valence-electron chi connectivity index (χ3n) is 3.59. The summed E-state index contributed by atoms with van der Waals surface area (Å²) in [6.07, 6.45) is 0.958. The number of benzene rings is 3. The summed E-state index contributed by atoms with van der Waals surface area (Å²) in [7, 11) is 0. The van der Waals surface area contributed by atoms with Crippen LogP contribution in [0.15, 0.2) is 77.9 Å². The van der Waals surface area contributed by atoms with Crippen LogP contribution < -0.4 is 10.2 Å². The van der Waals surface area contributed by atoms with E-state index in [4.69, 9.17) is 4.74 Å². The summed E-state index contributed by atoms with van der Waals surface area (Å²) in [5.41, 5.74) is 3.41. The van der Waals surface area contributed by atoms with Crippen molar-refractivity contribution in [3.8, 4) is 5.75 Å². The predicted octanol–water partition coefficient (Wildman–Crippen LogP) is 3.76. The zero-order valence-electron chi connectivity index (χ0n) is 13.3. The van der Waals surface area contributed by atoms with E-state index in [-0.39, 0.29) is 5.91 Å². The van der Waals surface area contributed by atoms with Crippen molar-refractivity contribution in [1.82, 2.24) is 5.43 Å². The lowest BCUT2D eigenvalue weighted by molar-refractivity contribution is -0.127. The quantitative estimate of drug-likeness (QED) is 0.575. The Kier molecular flexibility index (Phi) is 4.87. The highest BCUT2D eigenvalue weighted by Crippen LogP contribution is 2.21. The van der Waals surface area contributed by atoms with Gasteiger partial charge in [0.2, 0.25) is 0 Å². The van der Waals surface area contributed by atoms with Gasteiger partial charge in [0.25, 0.3) is 5.91 Å². The molecule has 0 aliphatic rings. The van der Waals surface area contributed by atoms with E-state index in [0.717, 1.165) is 16.3 Å². The van der Waals surface area contributed by atoms with Crippen LogP contribution in [0.4, 0.5) is 0 Å².